The number of hydrogen-bond acceptors (Lipinski definition) is 7. The van der Waals surface area contributed by atoms with Crippen molar-refractivity contribution in [2.24, 2.45) is 0 Å². The van der Waals surface area contributed by atoms with Crippen LogP contribution in [0, 0.1) is 6.92 Å². The third-order valence-electron chi connectivity index (χ3n) is 4.86. The van der Waals surface area contributed by atoms with E-state index in [2.05, 4.69) is 27.0 Å². The molecule has 28 heavy (non-hydrogen) atoms. The van der Waals surface area contributed by atoms with Crippen molar-refractivity contribution in [1.82, 2.24) is 19.8 Å². The molecule has 2 aromatic rings. The summed E-state index contributed by atoms with van der Waals surface area (Å²) in [7, 11) is 0. The standard InChI is InChI=1S/C20H24N4O3S/c1-15-10-19(22-14-21-15)28-13-20(25)24-6-4-23(5-7-24)12-16-2-3-17-18(11-16)27-9-8-26-17/h2-3,10-11,14H,4-9,12-13H2,1H3. The molecule has 0 saturated carbocycles. The molecule has 0 unspecified atom stereocenters. The molecule has 0 bridgehead atoms. The van der Waals surface area contributed by atoms with E-state index in [0.717, 1.165) is 54.9 Å². The van der Waals surface area contributed by atoms with Crippen molar-refractivity contribution < 1.29 is 14.3 Å². The second-order valence-electron chi connectivity index (χ2n) is 6.92. The van der Waals surface area contributed by atoms with Gasteiger partial charge in [0.05, 0.1) is 5.75 Å². The molecule has 0 atom stereocenters. The van der Waals surface area contributed by atoms with E-state index in [0.29, 0.717) is 19.0 Å². The third-order valence-corrected chi connectivity index (χ3v) is 5.77. The van der Waals surface area contributed by atoms with Crippen LogP contribution in [-0.2, 0) is 11.3 Å². The topological polar surface area (TPSA) is 67.8 Å². The fourth-order valence-corrected chi connectivity index (χ4v) is 4.17. The number of aromatic nitrogens is 2. The van der Waals surface area contributed by atoms with Crippen LogP contribution in [0.3, 0.4) is 0 Å². The van der Waals surface area contributed by atoms with Gasteiger partial charge in [-0.05, 0) is 30.7 Å². The molecule has 0 radical (unpaired) electrons. The first-order valence-electron chi connectivity index (χ1n) is 9.47. The molecule has 0 spiro atoms. The number of carbonyl (C=O) groups is 1. The Labute approximate surface area is 169 Å². The number of aryl methyl sites for hydroxylation is 1. The van der Waals surface area contributed by atoms with Gasteiger partial charge >= 0.3 is 0 Å². The number of fused-ring (bicyclic) bond motifs is 1. The number of rotatable bonds is 5. The van der Waals surface area contributed by atoms with E-state index in [1.165, 1.54) is 17.3 Å². The highest BCUT2D eigenvalue weighted by molar-refractivity contribution is 7.99. The molecule has 1 aromatic carbocycles. The SMILES string of the molecule is Cc1cc(SCC(=O)N2CCN(Cc3ccc4c(c3)OCCO4)CC2)ncn1. The summed E-state index contributed by atoms with van der Waals surface area (Å²) in [5.41, 5.74) is 2.12. The third kappa shape index (κ3) is 4.74. The molecule has 1 amide bonds. The lowest BCUT2D eigenvalue weighted by atomic mass is 10.1. The Balaban J connectivity index is 1.24. The first kappa shape index (κ1) is 19.0. The Kier molecular flexibility index (Phi) is 5.97. The van der Waals surface area contributed by atoms with E-state index >= 15 is 0 Å². The first-order valence-corrected chi connectivity index (χ1v) is 10.5. The first-order chi connectivity index (χ1) is 13.7. The molecular formula is C20H24N4O3S. The van der Waals surface area contributed by atoms with Crippen molar-refractivity contribution in [3.63, 3.8) is 0 Å². The Morgan fingerprint density at radius 2 is 1.86 bits per heavy atom. The molecule has 1 saturated heterocycles. The van der Waals surface area contributed by atoms with Gasteiger partial charge in [0, 0.05) is 38.4 Å². The fraction of sp³-hybridized carbons (Fsp3) is 0.450. The van der Waals surface area contributed by atoms with Gasteiger partial charge in [-0.1, -0.05) is 17.8 Å². The number of amides is 1. The smallest absolute Gasteiger partial charge is 0.233 e. The van der Waals surface area contributed by atoms with Gasteiger partial charge in [-0.25, -0.2) is 9.97 Å². The van der Waals surface area contributed by atoms with Crippen molar-refractivity contribution in [2.75, 3.05) is 45.1 Å². The number of ether oxygens (including phenoxy) is 2. The van der Waals surface area contributed by atoms with Crippen molar-refractivity contribution in [3.8, 4) is 11.5 Å². The van der Waals surface area contributed by atoms with Gasteiger partial charge in [0.1, 0.15) is 24.6 Å². The van der Waals surface area contributed by atoms with Crippen LogP contribution in [0.4, 0.5) is 0 Å². The number of nitrogens with zero attached hydrogens (tertiary/aromatic N) is 4. The molecule has 2 aliphatic rings. The van der Waals surface area contributed by atoms with Crippen LogP contribution in [-0.4, -0.2) is 70.8 Å². The van der Waals surface area contributed by atoms with Crippen LogP contribution in [0.5, 0.6) is 11.5 Å². The van der Waals surface area contributed by atoms with Crippen molar-refractivity contribution in [1.29, 1.82) is 0 Å². The van der Waals surface area contributed by atoms with Gasteiger partial charge in [0.25, 0.3) is 0 Å². The molecule has 2 aliphatic heterocycles. The van der Waals surface area contributed by atoms with Crippen LogP contribution in [0.25, 0.3) is 0 Å². The van der Waals surface area contributed by atoms with Gasteiger partial charge < -0.3 is 14.4 Å². The lowest BCUT2D eigenvalue weighted by molar-refractivity contribution is -0.130. The van der Waals surface area contributed by atoms with Gasteiger partial charge in [0.2, 0.25) is 5.91 Å². The second-order valence-corrected chi connectivity index (χ2v) is 7.92. The molecule has 148 valence electrons. The summed E-state index contributed by atoms with van der Waals surface area (Å²) >= 11 is 1.47. The summed E-state index contributed by atoms with van der Waals surface area (Å²) < 4.78 is 11.2. The highest BCUT2D eigenvalue weighted by Gasteiger charge is 2.22. The molecule has 0 aliphatic carbocycles. The zero-order chi connectivity index (χ0) is 19.3. The van der Waals surface area contributed by atoms with E-state index in [9.17, 15) is 4.79 Å². The van der Waals surface area contributed by atoms with Crippen molar-refractivity contribution in [3.05, 3.63) is 41.9 Å². The molecule has 8 heteroatoms. The summed E-state index contributed by atoms with van der Waals surface area (Å²) in [6.07, 6.45) is 1.54. The highest BCUT2D eigenvalue weighted by atomic mass is 32.2. The van der Waals surface area contributed by atoms with Gasteiger partial charge in [0.15, 0.2) is 11.5 Å². The van der Waals surface area contributed by atoms with E-state index in [1.54, 1.807) is 6.33 Å². The van der Waals surface area contributed by atoms with Crippen LogP contribution in [0.15, 0.2) is 35.6 Å². The normalized spacial score (nSPS) is 16.8. The molecule has 0 N–H and O–H groups in total. The van der Waals surface area contributed by atoms with Gasteiger partial charge in [-0.3, -0.25) is 9.69 Å². The van der Waals surface area contributed by atoms with Crippen LogP contribution in [0.1, 0.15) is 11.3 Å². The van der Waals surface area contributed by atoms with Crippen LogP contribution >= 0.6 is 11.8 Å². The summed E-state index contributed by atoms with van der Waals surface area (Å²) in [6.45, 7) is 7.25. The molecule has 3 heterocycles. The number of hydrogen-bond donors (Lipinski definition) is 0. The number of carbonyl (C=O) groups excluding carboxylic acids is 1. The zero-order valence-corrected chi connectivity index (χ0v) is 16.8. The number of thioether (sulfide) groups is 1. The van der Waals surface area contributed by atoms with Crippen molar-refractivity contribution in [2.45, 2.75) is 18.5 Å². The predicted molar refractivity (Wildman–Crippen MR) is 107 cm³/mol. The molecule has 7 nitrogen and oxygen atoms in total. The summed E-state index contributed by atoms with van der Waals surface area (Å²) in [5.74, 6) is 2.23. The molecule has 1 fully saturated rings. The zero-order valence-electron chi connectivity index (χ0n) is 16.0. The molecular weight excluding hydrogens is 376 g/mol. The largest absolute Gasteiger partial charge is 0.486 e. The Morgan fingerprint density at radius 1 is 1.07 bits per heavy atom. The maximum Gasteiger partial charge on any atom is 0.233 e. The molecule has 4 rings (SSSR count). The van der Waals surface area contributed by atoms with E-state index in [-0.39, 0.29) is 5.91 Å². The average Bonchev–Trinajstić information content (AvgIpc) is 2.72. The van der Waals surface area contributed by atoms with Gasteiger partial charge in [-0.2, -0.15) is 0 Å². The minimum absolute atomic E-state index is 0.167. The van der Waals surface area contributed by atoms with Crippen LogP contribution < -0.4 is 9.47 Å². The second kappa shape index (κ2) is 8.79. The van der Waals surface area contributed by atoms with Crippen LogP contribution in [0.2, 0.25) is 0 Å². The highest BCUT2D eigenvalue weighted by Crippen LogP contribution is 2.31. The average molecular weight is 401 g/mol. The summed E-state index contributed by atoms with van der Waals surface area (Å²) in [5, 5.41) is 0.845. The van der Waals surface area contributed by atoms with E-state index < -0.39 is 0 Å². The lowest BCUT2D eigenvalue weighted by Crippen LogP contribution is -2.48. The van der Waals surface area contributed by atoms with Crippen molar-refractivity contribution >= 4 is 17.7 Å². The van der Waals surface area contributed by atoms with E-state index in [1.807, 2.05) is 24.0 Å². The Bertz CT molecular complexity index is 840. The minimum atomic E-state index is 0.167. The van der Waals surface area contributed by atoms with Gasteiger partial charge in [-0.15, -0.1) is 0 Å². The lowest BCUT2D eigenvalue weighted by Gasteiger charge is -2.34. The summed E-state index contributed by atoms with van der Waals surface area (Å²) in [4.78, 5) is 25.1. The quantitative estimate of drug-likeness (QED) is 0.562. The fourth-order valence-electron chi connectivity index (χ4n) is 3.34. The maximum absolute atomic E-state index is 12.5. The maximum atomic E-state index is 12.5. The summed E-state index contributed by atoms with van der Waals surface area (Å²) in [6, 6.07) is 8.04. The Morgan fingerprint density at radius 3 is 2.64 bits per heavy atom. The minimum Gasteiger partial charge on any atom is -0.486 e. The number of piperazine rings is 1. The van der Waals surface area contributed by atoms with E-state index in [4.69, 9.17) is 9.47 Å². The Hall–Kier alpha value is -2.32. The predicted octanol–water partition coefficient (Wildman–Crippen LogP) is 1.99. The number of benzene rings is 1. The monoisotopic (exact) mass is 400 g/mol. The molecule has 1 aromatic heterocycles.